The Hall–Kier alpha value is -2.21. The molecule has 1 aliphatic rings. The summed E-state index contributed by atoms with van der Waals surface area (Å²) in [4.78, 5) is 18.5. The molecule has 0 saturated carbocycles. The molecule has 0 unspecified atom stereocenters. The summed E-state index contributed by atoms with van der Waals surface area (Å²) in [5.41, 5.74) is 0.182. The Labute approximate surface area is 181 Å². The number of carbonyl (C=O) groups is 1. The van der Waals surface area contributed by atoms with Gasteiger partial charge in [-0.05, 0) is 46.9 Å². The van der Waals surface area contributed by atoms with Crippen molar-refractivity contribution in [3.63, 3.8) is 0 Å². The third-order valence-corrected chi connectivity index (χ3v) is 5.63. The van der Waals surface area contributed by atoms with Crippen LogP contribution in [-0.4, -0.2) is 37.3 Å². The van der Waals surface area contributed by atoms with Crippen LogP contribution in [0.3, 0.4) is 0 Å². The number of amides is 1. The molecule has 0 aliphatic carbocycles. The number of pyridine rings is 1. The molecule has 0 spiro atoms. The van der Waals surface area contributed by atoms with E-state index in [0.717, 1.165) is 15.3 Å². The summed E-state index contributed by atoms with van der Waals surface area (Å²) in [6.07, 6.45) is -2.53. The van der Waals surface area contributed by atoms with Crippen LogP contribution >= 0.6 is 34.2 Å². The Morgan fingerprint density at radius 3 is 2.76 bits per heavy atom. The maximum atomic E-state index is 13.1. The number of hydrogen-bond acceptors (Lipinski definition) is 4. The Morgan fingerprint density at radius 2 is 2.03 bits per heavy atom. The first kappa shape index (κ1) is 20.1. The van der Waals surface area contributed by atoms with E-state index >= 15 is 0 Å². The van der Waals surface area contributed by atoms with Gasteiger partial charge in [0.2, 0.25) is 0 Å². The minimum Gasteiger partial charge on any atom is -0.332 e. The van der Waals surface area contributed by atoms with Gasteiger partial charge in [-0.25, -0.2) is 4.98 Å². The zero-order chi connectivity index (χ0) is 20.8. The van der Waals surface area contributed by atoms with Gasteiger partial charge < -0.3 is 4.90 Å². The van der Waals surface area contributed by atoms with Crippen molar-refractivity contribution in [2.24, 2.45) is 0 Å². The maximum absolute atomic E-state index is 13.1. The zero-order valence-corrected chi connectivity index (χ0v) is 17.5. The second kappa shape index (κ2) is 7.56. The van der Waals surface area contributed by atoms with Gasteiger partial charge in [-0.1, -0.05) is 22.9 Å². The Kier molecular flexibility index (Phi) is 5.23. The molecule has 150 valence electrons. The monoisotopic (exact) mass is 533 g/mol. The van der Waals surface area contributed by atoms with Gasteiger partial charge in [-0.3, -0.25) is 4.79 Å². The average molecular weight is 534 g/mol. The van der Waals surface area contributed by atoms with E-state index in [-0.39, 0.29) is 12.1 Å². The lowest BCUT2D eigenvalue weighted by atomic mass is 10.1. The molecule has 3 aromatic rings. The SMILES string of the molecule is O=C(c1cccc(C(F)(F)F)c1Cl)N1CCc2c(nnn2-c2cc(I)ccn2)C1. The number of halogens is 5. The largest absolute Gasteiger partial charge is 0.417 e. The van der Waals surface area contributed by atoms with Crippen molar-refractivity contribution in [1.82, 2.24) is 24.9 Å². The summed E-state index contributed by atoms with van der Waals surface area (Å²) in [6.45, 7) is 0.431. The van der Waals surface area contributed by atoms with Crippen LogP contribution in [0.1, 0.15) is 27.3 Å². The first-order chi connectivity index (χ1) is 13.8. The molecule has 0 bridgehead atoms. The Bertz CT molecular complexity index is 1100. The van der Waals surface area contributed by atoms with Crippen molar-refractivity contribution in [2.45, 2.75) is 19.1 Å². The summed E-state index contributed by atoms with van der Waals surface area (Å²) in [6, 6.07) is 7.04. The van der Waals surface area contributed by atoms with Crippen LogP contribution in [0.2, 0.25) is 5.02 Å². The zero-order valence-electron chi connectivity index (χ0n) is 14.6. The number of alkyl halides is 3. The number of nitrogens with zero attached hydrogens (tertiary/aromatic N) is 5. The standard InChI is InChI=1S/C18H12ClF3IN5O/c19-16-11(2-1-3-12(16)18(20,21)22)17(29)27-7-5-14-13(9-27)25-26-28(14)15-8-10(23)4-6-24-15/h1-4,6,8H,5,7,9H2. The van der Waals surface area contributed by atoms with Gasteiger partial charge in [0.25, 0.3) is 5.91 Å². The molecule has 4 rings (SSSR count). The number of carbonyl (C=O) groups excluding carboxylic acids is 1. The van der Waals surface area contributed by atoms with E-state index < -0.39 is 22.7 Å². The highest BCUT2D eigenvalue weighted by Gasteiger charge is 2.36. The lowest BCUT2D eigenvalue weighted by Gasteiger charge is -2.27. The number of rotatable bonds is 2. The smallest absolute Gasteiger partial charge is 0.332 e. The van der Waals surface area contributed by atoms with Crippen LogP contribution in [0.5, 0.6) is 0 Å². The lowest BCUT2D eigenvalue weighted by molar-refractivity contribution is -0.137. The van der Waals surface area contributed by atoms with Gasteiger partial charge in [0, 0.05) is 22.7 Å². The third-order valence-electron chi connectivity index (χ3n) is 4.55. The van der Waals surface area contributed by atoms with Gasteiger partial charge in [0.1, 0.15) is 5.69 Å². The molecule has 29 heavy (non-hydrogen) atoms. The van der Waals surface area contributed by atoms with Crippen molar-refractivity contribution in [3.05, 3.63) is 67.6 Å². The minimum atomic E-state index is -4.63. The molecule has 0 saturated heterocycles. The van der Waals surface area contributed by atoms with Crippen molar-refractivity contribution >= 4 is 40.1 Å². The fraction of sp³-hybridized carbons (Fsp3) is 0.222. The van der Waals surface area contributed by atoms with Crippen LogP contribution in [0.15, 0.2) is 36.5 Å². The van der Waals surface area contributed by atoms with Gasteiger partial charge >= 0.3 is 6.18 Å². The molecule has 1 aliphatic heterocycles. The second-order valence-corrected chi connectivity index (χ2v) is 7.99. The molecule has 1 amide bonds. The number of benzene rings is 1. The normalized spacial score (nSPS) is 14.0. The minimum absolute atomic E-state index is 0.130. The van der Waals surface area contributed by atoms with Gasteiger partial charge in [0.15, 0.2) is 5.82 Å². The Morgan fingerprint density at radius 1 is 1.24 bits per heavy atom. The van der Waals surface area contributed by atoms with Crippen LogP contribution in [-0.2, 0) is 19.1 Å². The molecule has 6 nitrogen and oxygen atoms in total. The first-order valence-corrected chi connectivity index (χ1v) is 9.91. The van der Waals surface area contributed by atoms with Crippen LogP contribution in [0.25, 0.3) is 5.82 Å². The second-order valence-electron chi connectivity index (χ2n) is 6.37. The lowest BCUT2D eigenvalue weighted by Crippen LogP contribution is -2.36. The average Bonchev–Trinajstić information content (AvgIpc) is 3.10. The van der Waals surface area contributed by atoms with Crippen molar-refractivity contribution in [3.8, 4) is 5.82 Å². The quantitative estimate of drug-likeness (QED) is 0.465. The fourth-order valence-electron chi connectivity index (χ4n) is 3.16. The van der Waals surface area contributed by atoms with E-state index in [4.69, 9.17) is 11.6 Å². The molecule has 0 atom stereocenters. The van der Waals surface area contributed by atoms with E-state index in [1.54, 1.807) is 10.9 Å². The van der Waals surface area contributed by atoms with E-state index in [1.807, 2.05) is 12.1 Å². The molecule has 3 heterocycles. The number of fused-ring (bicyclic) bond motifs is 1. The summed E-state index contributed by atoms with van der Waals surface area (Å²) >= 11 is 8.07. The van der Waals surface area contributed by atoms with Gasteiger partial charge in [0.05, 0.1) is 28.4 Å². The van der Waals surface area contributed by atoms with Crippen LogP contribution in [0.4, 0.5) is 13.2 Å². The van der Waals surface area contributed by atoms with E-state index in [2.05, 4.69) is 37.9 Å². The highest BCUT2D eigenvalue weighted by molar-refractivity contribution is 14.1. The summed E-state index contributed by atoms with van der Waals surface area (Å²) in [5.74, 6) is 0.0417. The molecule has 1 aromatic carbocycles. The van der Waals surface area contributed by atoms with E-state index in [0.29, 0.717) is 24.5 Å². The van der Waals surface area contributed by atoms with Crippen LogP contribution in [0, 0.1) is 3.57 Å². The molecule has 2 aromatic heterocycles. The van der Waals surface area contributed by atoms with E-state index in [1.165, 1.54) is 17.0 Å². The molecule has 0 radical (unpaired) electrons. The third kappa shape index (κ3) is 3.82. The predicted octanol–water partition coefficient (Wildman–Crippen LogP) is 4.14. The highest BCUT2D eigenvalue weighted by atomic mass is 127. The summed E-state index contributed by atoms with van der Waals surface area (Å²) < 4.78 is 41.9. The molecular formula is C18H12ClF3IN5O. The maximum Gasteiger partial charge on any atom is 0.417 e. The molecular weight excluding hydrogens is 522 g/mol. The number of aromatic nitrogens is 4. The number of hydrogen-bond donors (Lipinski definition) is 0. The van der Waals surface area contributed by atoms with Gasteiger partial charge in [-0.2, -0.15) is 17.9 Å². The Balaban J connectivity index is 1.61. The predicted molar refractivity (Wildman–Crippen MR) is 107 cm³/mol. The van der Waals surface area contributed by atoms with E-state index in [9.17, 15) is 18.0 Å². The topological polar surface area (TPSA) is 63.9 Å². The van der Waals surface area contributed by atoms with Crippen LogP contribution < -0.4 is 0 Å². The summed E-state index contributed by atoms with van der Waals surface area (Å²) in [7, 11) is 0. The fourth-order valence-corrected chi connectivity index (χ4v) is 3.91. The molecule has 0 N–H and O–H groups in total. The van der Waals surface area contributed by atoms with Crippen molar-refractivity contribution in [2.75, 3.05) is 6.54 Å². The molecule has 11 heteroatoms. The van der Waals surface area contributed by atoms with Crippen molar-refractivity contribution in [1.29, 1.82) is 0 Å². The van der Waals surface area contributed by atoms with Crippen molar-refractivity contribution < 1.29 is 18.0 Å². The highest BCUT2D eigenvalue weighted by Crippen LogP contribution is 2.36. The summed E-state index contributed by atoms with van der Waals surface area (Å²) in [5, 5.41) is 7.66. The first-order valence-electron chi connectivity index (χ1n) is 8.46. The van der Waals surface area contributed by atoms with Gasteiger partial charge in [-0.15, -0.1) is 5.10 Å². The molecule has 0 fully saturated rings.